The van der Waals surface area contributed by atoms with Gasteiger partial charge in [-0.05, 0) is 24.6 Å². The second-order valence-electron chi connectivity index (χ2n) is 4.95. The number of furan rings is 1. The van der Waals surface area contributed by atoms with Crippen LogP contribution in [0.15, 0.2) is 52.2 Å². The standard InChI is InChI=1S/C15H14N4O3S/c1-10(11-5-3-6-12(9-11)19(20)21)23-15-17-16-14(18(15)2)13-7-4-8-22-13/h3-10H,1-2H3. The Hall–Kier alpha value is -2.61. The molecule has 0 spiro atoms. The first-order valence-corrected chi connectivity index (χ1v) is 7.78. The van der Waals surface area contributed by atoms with Crippen LogP contribution in [0.2, 0.25) is 0 Å². The molecule has 0 fully saturated rings. The largest absolute Gasteiger partial charge is 0.461 e. The van der Waals surface area contributed by atoms with Crippen molar-refractivity contribution in [3.8, 4) is 11.6 Å². The van der Waals surface area contributed by atoms with Crippen LogP contribution < -0.4 is 0 Å². The lowest BCUT2D eigenvalue weighted by Gasteiger charge is -2.10. The highest BCUT2D eigenvalue weighted by atomic mass is 32.2. The number of rotatable bonds is 5. The van der Waals surface area contributed by atoms with Crippen molar-refractivity contribution in [2.75, 3.05) is 0 Å². The zero-order valence-electron chi connectivity index (χ0n) is 12.5. The minimum Gasteiger partial charge on any atom is -0.461 e. The average molecular weight is 330 g/mol. The van der Waals surface area contributed by atoms with Gasteiger partial charge >= 0.3 is 0 Å². The number of nitro benzene ring substituents is 1. The summed E-state index contributed by atoms with van der Waals surface area (Å²) >= 11 is 1.49. The monoisotopic (exact) mass is 330 g/mol. The van der Waals surface area contributed by atoms with Gasteiger partial charge in [-0.2, -0.15) is 0 Å². The Labute approximate surface area is 136 Å². The van der Waals surface area contributed by atoms with E-state index in [0.717, 1.165) is 10.7 Å². The highest BCUT2D eigenvalue weighted by Gasteiger charge is 2.18. The first kappa shape index (κ1) is 15.3. The van der Waals surface area contributed by atoms with Crippen molar-refractivity contribution in [2.24, 2.45) is 7.05 Å². The number of hydrogen-bond acceptors (Lipinski definition) is 6. The Morgan fingerprint density at radius 3 is 2.83 bits per heavy atom. The number of non-ortho nitro benzene ring substituents is 1. The molecule has 8 heteroatoms. The Morgan fingerprint density at radius 1 is 1.30 bits per heavy atom. The van der Waals surface area contributed by atoms with E-state index in [1.807, 2.05) is 30.7 Å². The molecule has 0 amide bonds. The van der Waals surface area contributed by atoms with E-state index in [1.165, 1.54) is 17.8 Å². The molecule has 7 nitrogen and oxygen atoms in total. The Balaban J connectivity index is 1.82. The maximum atomic E-state index is 10.9. The smallest absolute Gasteiger partial charge is 0.269 e. The molecule has 2 heterocycles. The van der Waals surface area contributed by atoms with Gasteiger partial charge in [0.25, 0.3) is 5.69 Å². The molecule has 1 atom stereocenters. The van der Waals surface area contributed by atoms with Crippen LogP contribution in [0, 0.1) is 10.1 Å². The van der Waals surface area contributed by atoms with Crippen LogP contribution in [0.1, 0.15) is 17.7 Å². The molecule has 0 aliphatic rings. The molecule has 0 N–H and O–H groups in total. The van der Waals surface area contributed by atoms with Crippen LogP contribution in [0.5, 0.6) is 0 Å². The number of nitro groups is 1. The molecule has 0 bridgehead atoms. The lowest BCUT2D eigenvalue weighted by Crippen LogP contribution is -1.97. The van der Waals surface area contributed by atoms with Crippen LogP contribution in [0.3, 0.4) is 0 Å². The fourth-order valence-electron chi connectivity index (χ4n) is 2.16. The third-order valence-electron chi connectivity index (χ3n) is 3.41. The Morgan fingerprint density at radius 2 is 2.13 bits per heavy atom. The van der Waals surface area contributed by atoms with Gasteiger partial charge in [0.2, 0.25) is 0 Å². The van der Waals surface area contributed by atoms with Gasteiger partial charge in [-0.1, -0.05) is 23.9 Å². The van der Waals surface area contributed by atoms with E-state index in [9.17, 15) is 10.1 Å². The van der Waals surface area contributed by atoms with Crippen molar-refractivity contribution in [3.63, 3.8) is 0 Å². The van der Waals surface area contributed by atoms with Crippen molar-refractivity contribution in [1.29, 1.82) is 0 Å². The summed E-state index contributed by atoms with van der Waals surface area (Å²) in [6.45, 7) is 1.98. The van der Waals surface area contributed by atoms with E-state index in [0.29, 0.717) is 11.6 Å². The van der Waals surface area contributed by atoms with Crippen molar-refractivity contribution in [3.05, 3.63) is 58.3 Å². The number of hydrogen-bond donors (Lipinski definition) is 0. The minimum atomic E-state index is -0.391. The van der Waals surface area contributed by atoms with Gasteiger partial charge in [0.05, 0.1) is 11.2 Å². The van der Waals surface area contributed by atoms with E-state index < -0.39 is 4.92 Å². The molecular weight excluding hydrogens is 316 g/mol. The number of thioether (sulfide) groups is 1. The molecule has 118 valence electrons. The van der Waals surface area contributed by atoms with E-state index >= 15 is 0 Å². The minimum absolute atomic E-state index is 0.00208. The van der Waals surface area contributed by atoms with Crippen LogP contribution >= 0.6 is 11.8 Å². The molecule has 2 aromatic heterocycles. The summed E-state index contributed by atoms with van der Waals surface area (Å²) < 4.78 is 7.18. The van der Waals surface area contributed by atoms with Crippen molar-refractivity contribution in [2.45, 2.75) is 17.3 Å². The molecule has 3 aromatic rings. The highest BCUT2D eigenvalue weighted by molar-refractivity contribution is 7.99. The van der Waals surface area contributed by atoms with Gasteiger partial charge in [0.1, 0.15) is 0 Å². The van der Waals surface area contributed by atoms with Crippen LogP contribution in [0.4, 0.5) is 5.69 Å². The zero-order valence-corrected chi connectivity index (χ0v) is 13.4. The Kier molecular flexibility index (Phi) is 4.16. The second kappa shape index (κ2) is 6.25. The summed E-state index contributed by atoms with van der Waals surface area (Å²) in [6.07, 6.45) is 1.59. The van der Waals surface area contributed by atoms with Crippen molar-refractivity contribution >= 4 is 17.4 Å². The third-order valence-corrected chi connectivity index (χ3v) is 4.60. The first-order chi connectivity index (χ1) is 11.1. The van der Waals surface area contributed by atoms with Gasteiger partial charge < -0.3 is 8.98 Å². The van der Waals surface area contributed by atoms with Crippen LogP contribution in [0.25, 0.3) is 11.6 Å². The fraction of sp³-hybridized carbons (Fsp3) is 0.200. The van der Waals surface area contributed by atoms with Gasteiger partial charge in [0.15, 0.2) is 16.7 Å². The predicted molar refractivity (Wildman–Crippen MR) is 86.1 cm³/mol. The topological polar surface area (TPSA) is 87.0 Å². The zero-order chi connectivity index (χ0) is 16.4. The second-order valence-corrected chi connectivity index (χ2v) is 6.26. The van der Waals surface area contributed by atoms with Gasteiger partial charge in [-0.15, -0.1) is 10.2 Å². The molecule has 1 aromatic carbocycles. The van der Waals surface area contributed by atoms with Gasteiger partial charge in [-0.25, -0.2) is 0 Å². The molecular formula is C15H14N4O3S. The fourth-order valence-corrected chi connectivity index (χ4v) is 3.09. The summed E-state index contributed by atoms with van der Waals surface area (Å²) in [6, 6.07) is 10.2. The maximum absolute atomic E-state index is 10.9. The maximum Gasteiger partial charge on any atom is 0.269 e. The average Bonchev–Trinajstić information content (AvgIpc) is 3.18. The lowest BCUT2D eigenvalue weighted by molar-refractivity contribution is -0.384. The number of aromatic nitrogens is 3. The summed E-state index contributed by atoms with van der Waals surface area (Å²) in [4.78, 5) is 10.5. The summed E-state index contributed by atoms with van der Waals surface area (Å²) in [5.74, 6) is 1.29. The van der Waals surface area contributed by atoms with Crippen LogP contribution in [-0.2, 0) is 7.05 Å². The molecule has 0 saturated carbocycles. The van der Waals surface area contributed by atoms with Gasteiger partial charge in [0, 0.05) is 24.4 Å². The normalized spacial score (nSPS) is 12.3. The molecule has 23 heavy (non-hydrogen) atoms. The molecule has 3 rings (SSSR count). The molecule has 0 aliphatic heterocycles. The molecule has 1 unspecified atom stereocenters. The first-order valence-electron chi connectivity index (χ1n) is 6.90. The van der Waals surface area contributed by atoms with Crippen molar-refractivity contribution < 1.29 is 9.34 Å². The summed E-state index contributed by atoms with van der Waals surface area (Å²) in [7, 11) is 1.86. The lowest BCUT2D eigenvalue weighted by atomic mass is 10.1. The summed E-state index contributed by atoms with van der Waals surface area (Å²) in [5, 5.41) is 19.9. The van der Waals surface area contributed by atoms with Gasteiger partial charge in [-0.3, -0.25) is 10.1 Å². The van der Waals surface area contributed by atoms with E-state index in [1.54, 1.807) is 24.5 Å². The highest BCUT2D eigenvalue weighted by Crippen LogP contribution is 2.35. The van der Waals surface area contributed by atoms with Crippen LogP contribution in [-0.4, -0.2) is 19.7 Å². The number of nitrogens with zero attached hydrogens (tertiary/aromatic N) is 4. The summed E-state index contributed by atoms with van der Waals surface area (Å²) in [5.41, 5.74) is 0.955. The number of benzene rings is 1. The SMILES string of the molecule is CC(Sc1nnc(-c2ccco2)n1C)c1cccc([N+](=O)[O-])c1. The van der Waals surface area contributed by atoms with E-state index in [2.05, 4.69) is 10.2 Å². The van der Waals surface area contributed by atoms with Crippen molar-refractivity contribution in [1.82, 2.24) is 14.8 Å². The molecule has 0 aliphatic carbocycles. The van der Waals surface area contributed by atoms with E-state index in [-0.39, 0.29) is 10.9 Å². The quantitative estimate of drug-likeness (QED) is 0.401. The molecule has 0 saturated heterocycles. The third kappa shape index (κ3) is 3.11. The molecule has 0 radical (unpaired) electrons. The Bertz CT molecular complexity index is 829. The predicted octanol–water partition coefficient (Wildman–Crippen LogP) is 3.84. The van der Waals surface area contributed by atoms with E-state index in [4.69, 9.17) is 4.42 Å².